The third kappa shape index (κ3) is 4.26. The van der Waals surface area contributed by atoms with E-state index in [-0.39, 0.29) is 0 Å². The van der Waals surface area contributed by atoms with Crippen LogP contribution in [0.2, 0.25) is 5.02 Å². The van der Waals surface area contributed by atoms with E-state index < -0.39 is 5.60 Å². The molecule has 0 aliphatic rings. The highest BCUT2D eigenvalue weighted by atomic mass is 35.5. The summed E-state index contributed by atoms with van der Waals surface area (Å²) in [6, 6.07) is 15.8. The van der Waals surface area contributed by atoms with Crippen molar-refractivity contribution in [3.63, 3.8) is 0 Å². The summed E-state index contributed by atoms with van der Waals surface area (Å²) in [5.41, 5.74) is 1.46. The summed E-state index contributed by atoms with van der Waals surface area (Å²) in [4.78, 5) is 0. The molecule has 106 valence electrons. The van der Waals surface area contributed by atoms with Crippen molar-refractivity contribution in [1.82, 2.24) is 0 Å². The van der Waals surface area contributed by atoms with E-state index in [9.17, 15) is 5.11 Å². The smallest absolute Gasteiger partial charge is 0.137 e. The van der Waals surface area contributed by atoms with Gasteiger partial charge in [-0.1, -0.05) is 48.0 Å². The molecule has 0 fully saturated rings. The van der Waals surface area contributed by atoms with E-state index in [1.807, 2.05) is 48.5 Å². The van der Waals surface area contributed by atoms with E-state index in [1.165, 1.54) is 0 Å². The van der Waals surface area contributed by atoms with Crippen LogP contribution < -0.4 is 4.74 Å². The van der Waals surface area contributed by atoms with Gasteiger partial charge in [-0.05, 0) is 37.1 Å². The van der Waals surface area contributed by atoms with Crippen LogP contribution >= 0.6 is 11.6 Å². The Morgan fingerprint density at radius 3 is 2.35 bits per heavy atom. The highest BCUT2D eigenvalue weighted by Crippen LogP contribution is 2.30. The molecule has 2 aromatic rings. The lowest BCUT2D eigenvalue weighted by Gasteiger charge is -2.17. The van der Waals surface area contributed by atoms with Crippen molar-refractivity contribution in [2.45, 2.75) is 25.9 Å². The van der Waals surface area contributed by atoms with Gasteiger partial charge in [0, 0.05) is 6.42 Å². The van der Waals surface area contributed by atoms with E-state index in [0.29, 0.717) is 23.8 Å². The third-order valence-electron chi connectivity index (χ3n) is 3.01. The van der Waals surface area contributed by atoms with Gasteiger partial charge in [0.15, 0.2) is 0 Å². The Morgan fingerprint density at radius 2 is 1.75 bits per heavy atom. The van der Waals surface area contributed by atoms with Crippen molar-refractivity contribution < 1.29 is 9.84 Å². The minimum absolute atomic E-state index is 0.438. The summed E-state index contributed by atoms with van der Waals surface area (Å²) in [5, 5.41) is 10.2. The molecule has 0 aliphatic heterocycles. The average molecular weight is 291 g/mol. The standard InChI is InChI=1S/C17H19ClO2/c1-17(2,19)10-11-20-16-9-8-14(12-15(16)18)13-6-4-3-5-7-13/h3-9,12,19H,10-11H2,1-2H3. The lowest BCUT2D eigenvalue weighted by atomic mass is 10.1. The van der Waals surface area contributed by atoms with Crippen LogP contribution in [0.3, 0.4) is 0 Å². The molecule has 0 spiro atoms. The molecule has 0 atom stereocenters. The molecule has 3 heteroatoms. The first-order valence-electron chi connectivity index (χ1n) is 6.66. The van der Waals surface area contributed by atoms with Crippen LogP contribution in [0.4, 0.5) is 0 Å². The maximum atomic E-state index is 9.64. The summed E-state index contributed by atoms with van der Waals surface area (Å²) in [5.74, 6) is 0.649. The van der Waals surface area contributed by atoms with Gasteiger partial charge >= 0.3 is 0 Å². The fourth-order valence-electron chi connectivity index (χ4n) is 1.84. The van der Waals surface area contributed by atoms with Crippen LogP contribution in [0.5, 0.6) is 5.75 Å². The lowest BCUT2D eigenvalue weighted by molar-refractivity contribution is 0.0553. The molecule has 0 radical (unpaired) electrons. The zero-order valence-corrected chi connectivity index (χ0v) is 12.5. The molecule has 0 bridgehead atoms. The van der Waals surface area contributed by atoms with Gasteiger partial charge in [0.25, 0.3) is 0 Å². The summed E-state index contributed by atoms with van der Waals surface area (Å²) >= 11 is 6.24. The minimum Gasteiger partial charge on any atom is -0.492 e. The second kappa shape index (κ2) is 6.29. The molecule has 0 heterocycles. The zero-order chi connectivity index (χ0) is 14.6. The Balaban J connectivity index is 2.07. The van der Waals surface area contributed by atoms with Crippen molar-refractivity contribution in [2.75, 3.05) is 6.61 Å². The molecular formula is C17H19ClO2. The van der Waals surface area contributed by atoms with Crippen molar-refractivity contribution in [2.24, 2.45) is 0 Å². The second-order valence-electron chi connectivity index (χ2n) is 5.42. The van der Waals surface area contributed by atoms with Gasteiger partial charge in [0.1, 0.15) is 5.75 Å². The summed E-state index contributed by atoms with van der Waals surface area (Å²) in [7, 11) is 0. The van der Waals surface area contributed by atoms with Crippen LogP contribution in [0.25, 0.3) is 11.1 Å². The van der Waals surface area contributed by atoms with E-state index in [0.717, 1.165) is 11.1 Å². The fourth-order valence-corrected chi connectivity index (χ4v) is 2.07. The van der Waals surface area contributed by atoms with Crippen LogP contribution in [-0.2, 0) is 0 Å². The number of benzene rings is 2. The molecule has 0 saturated heterocycles. The molecule has 0 amide bonds. The first-order valence-corrected chi connectivity index (χ1v) is 7.04. The first-order chi connectivity index (χ1) is 9.46. The highest BCUT2D eigenvalue weighted by Gasteiger charge is 2.13. The fraction of sp³-hybridized carbons (Fsp3) is 0.294. The molecule has 0 saturated carbocycles. The largest absolute Gasteiger partial charge is 0.492 e. The summed E-state index contributed by atoms with van der Waals surface area (Å²) < 4.78 is 5.61. The number of rotatable bonds is 5. The molecule has 0 aliphatic carbocycles. The number of halogens is 1. The quantitative estimate of drug-likeness (QED) is 0.875. The Hall–Kier alpha value is -1.51. The van der Waals surface area contributed by atoms with Crippen LogP contribution in [-0.4, -0.2) is 17.3 Å². The topological polar surface area (TPSA) is 29.5 Å². The first kappa shape index (κ1) is 14.9. The van der Waals surface area contributed by atoms with Gasteiger partial charge in [-0.3, -0.25) is 0 Å². The number of ether oxygens (including phenoxy) is 1. The van der Waals surface area contributed by atoms with E-state index in [2.05, 4.69) is 0 Å². The maximum Gasteiger partial charge on any atom is 0.137 e. The molecule has 2 nitrogen and oxygen atoms in total. The molecule has 0 aromatic heterocycles. The van der Waals surface area contributed by atoms with Crippen molar-refractivity contribution >= 4 is 11.6 Å². The average Bonchev–Trinajstić information content (AvgIpc) is 2.40. The van der Waals surface area contributed by atoms with Gasteiger partial charge in [-0.25, -0.2) is 0 Å². The molecule has 2 aromatic carbocycles. The van der Waals surface area contributed by atoms with Crippen LogP contribution in [0.1, 0.15) is 20.3 Å². The van der Waals surface area contributed by atoms with Crippen molar-refractivity contribution in [1.29, 1.82) is 0 Å². The normalized spacial score (nSPS) is 11.4. The Bertz CT molecular complexity index is 559. The van der Waals surface area contributed by atoms with Gasteiger partial charge in [-0.2, -0.15) is 0 Å². The molecule has 2 rings (SSSR count). The predicted octanol–water partition coefficient (Wildman–Crippen LogP) is 4.55. The van der Waals surface area contributed by atoms with Crippen LogP contribution in [0.15, 0.2) is 48.5 Å². The van der Waals surface area contributed by atoms with E-state index in [1.54, 1.807) is 13.8 Å². The predicted molar refractivity (Wildman–Crippen MR) is 83.3 cm³/mol. The third-order valence-corrected chi connectivity index (χ3v) is 3.31. The van der Waals surface area contributed by atoms with Crippen molar-refractivity contribution in [3.8, 4) is 16.9 Å². The molecular weight excluding hydrogens is 272 g/mol. The van der Waals surface area contributed by atoms with Gasteiger partial charge in [0.2, 0.25) is 0 Å². The number of hydrogen-bond acceptors (Lipinski definition) is 2. The van der Waals surface area contributed by atoms with E-state index >= 15 is 0 Å². The van der Waals surface area contributed by atoms with Gasteiger partial charge < -0.3 is 9.84 Å². The SMILES string of the molecule is CC(C)(O)CCOc1ccc(-c2ccccc2)cc1Cl. The molecule has 0 unspecified atom stereocenters. The van der Waals surface area contributed by atoms with Crippen LogP contribution in [0, 0.1) is 0 Å². The van der Waals surface area contributed by atoms with Gasteiger partial charge in [-0.15, -0.1) is 0 Å². The van der Waals surface area contributed by atoms with Crippen molar-refractivity contribution in [3.05, 3.63) is 53.6 Å². The van der Waals surface area contributed by atoms with Gasteiger partial charge in [0.05, 0.1) is 17.2 Å². The Kier molecular flexibility index (Phi) is 4.69. The monoisotopic (exact) mass is 290 g/mol. The maximum absolute atomic E-state index is 9.64. The highest BCUT2D eigenvalue weighted by molar-refractivity contribution is 6.32. The summed E-state index contributed by atoms with van der Waals surface area (Å²) in [6.07, 6.45) is 0.559. The second-order valence-corrected chi connectivity index (χ2v) is 5.83. The Morgan fingerprint density at radius 1 is 1.05 bits per heavy atom. The minimum atomic E-state index is -0.726. The summed E-state index contributed by atoms with van der Waals surface area (Å²) in [6.45, 7) is 3.96. The Labute approximate surface area is 125 Å². The number of aliphatic hydroxyl groups is 1. The number of hydrogen-bond donors (Lipinski definition) is 1. The van der Waals surface area contributed by atoms with E-state index in [4.69, 9.17) is 16.3 Å². The zero-order valence-electron chi connectivity index (χ0n) is 11.8. The molecule has 20 heavy (non-hydrogen) atoms. The lowest BCUT2D eigenvalue weighted by Crippen LogP contribution is -2.21. The molecule has 1 N–H and O–H groups in total.